The SMILES string of the molecule is Cc1cccc(-c2nc(COCC3CCCC(NC(=O)CC(C(=O)O)c4ccccc4)C3)c(C)o2)c1. The molecule has 36 heavy (non-hydrogen) atoms. The summed E-state index contributed by atoms with van der Waals surface area (Å²) in [6.45, 7) is 4.90. The zero-order chi connectivity index (χ0) is 25.5. The van der Waals surface area contributed by atoms with Gasteiger partial charge < -0.3 is 19.6 Å². The Morgan fingerprint density at radius 1 is 1.14 bits per heavy atom. The molecule has 3 aromatic rings. The third kappa shape index (κ3) is 6.82. The van der Waals surface area contributed by atoms with Crippen molar-refractivity contribution in [3.63, 3.8) is 0 Å². The Morgan fingerprint density at radius 3 is 2.69 bits per heavy atom. The third-order valence-electron chi connectivity index (χ3n) is 6.79. The van der Waals surface area contributed by atoms with Crippen LogP contribution in [-0.2, 0) is 20.9 Å². The zero-order valence-corrected chi connectivity index (χ0v) is 20.9. The smallest absolute Gasteiger partial charge is 0.311 e. The molecule has 4 rings (SSSR count). The summed E-state index contributed by atoms with van der Waals surface area (Å²) in [7, 11) is 0. The van der Waals surface area contributed by atoms with Crippen molar-refractivity contribution in [1.29, 1.82) is 0 Å². The molecule has 1 heterocycles. The number of benzene rings is 2. The molecule has 0 saturated heterocycles. The number of rotatable bonds is 10. The molecule has 1 aliphatic rings. The first-order valence-electron chi connectivity index (χ1n) is 12.6. The molecule has 1 aliphatic carbocycles. The van der Waals surface area contributed by atoms with Crippen LogP contribution in [0.15, 0.2) is 59.0 Å². The molecule has 1 aromatic heterocycles. The third-order valence-corrected chi connectivity index (χ3v) is 6.79. The van der Waals surface area contributed by atoms with Gasteiger partial charge in [0, 0.05) is 24.6 Å². The minimum atomic E-state index is -0.986. The summed E-state index contributed by atoms with van der Waals surface area (Å²) in [6.07, 6.45) is 3.70. The summed E-state index contributed by atoms with van der Waals surface area (Å²) in [5.74, 6) is -0.363. The van der Waals surface area contributed by atoms with Crippen molar-refractivity contribution < 1.29 is 23.8 Å². The summed E-state index contributed by atoms with van der Waals surface area (Å²) in [5.41, 5.74) is 3.54. The monoisotopic (exact) mass is 490 g/mol. The normalized spacial score (nSPS) is 18.5. The van der Waals surface area contributed by atoms with Crippen molar-refractivity contribution in [2.75, 3.05) is 6.61 Å². The number of carbonyl (C=O) groups is 2. The molecule has 0 spiro atoms. The number of oxazole rings is 1. The van der Waals surface area contributed by atoms with Gasteiger partial charge in [0.25, 0.3) is 0 Å². The fourth-order valence-electron chi connectivity index (χ4n) is 4.86. The maximum absolute atomic E-state index is 12.7. The van der Waals surface area contributed by atoms with Crippen LogP contribution in [0.3, 0.4) is 0 Å². The van der Waals surface area contributed by atoms with E-state index in [0.29, 0.717) is 30.6 Å². The van der Waals surface area contributed by atoms with Crippen molar-refractivity contribution in [3.05, 3.63) is 77.2 Å². The molecular weight excluding hydrogens is 456 g/mol. The molecule has 2 N–H and O–H groups in total. The molecule has 190 valence electrons. The molecule has 3 atom stereocenters. The van der Waals surface area contributed by atoms with Gasteiger partial charge in [0.15, 0.2) is 0 Å². The quantitative estimate of drug-likeness (QED) is 0.394. The number of ether oxygens (including phenoxy) is 1. The van der Waals surface area contributed by atoms with E-state index < -0.39 is 11.9 Å². The average Bonchev–Trinajstić information content (AvgIpc) is 3.23. The number of nitrogens with zero attached hydrogens (tertiary/aromatic N) is 1. The van der Waals surface area contributed by atoms with Crippen LogP contribution in [0, 0.1) is 19.8 Å². The van der Waals surface area contributed by atoms with Gasteiger partial charge in [0.1, 0.15) is 11.5 Å². The maximum atomic E-state index is 12.7. The Balaban J connectivity index is 1.25. The molecular formula is C29H34N2O5. The van der Waals surface area contributed by atoms with Crippen molar-refractivity contribution in [3.8, 4) is 11.5 Å². The molecule has 7 heteroatoms. The van der Waals surface area contributed by atoms with E-state index in [4.69, 9.17) is 9.15 Å². The predicted molar refractivity (Wildman–Crippen MR) is 136 cm³/mol. The van der Waals surface area contributed by atoms with Gasteiger partial charge in [-0.3, -0.25) is 9.59 Å². The molecule has 0 bridgehead atoms. The topological polar surface area (TPSA) is 102 Å². The summed E-state index contributed by atoms with van der Waals surface area (Å²) in [6, 6.07) is 17.0. The van der Waals surface area contributed by atoms with Crippen LogP contribution < -0.4 is 5.32 Å². The molecule has 1 amide bonds. The fraction of sp³-hybridized carbons (Fsp3) is 0.414. The van der Waals surface area contributed by atoms with Gasteiger partial charge in [0.05, 0.1) is 12.5 Å². The standard InChI is InChI=1S/C29H34N2O5/c1-19-8-6-12-23(14-19)28-31-26(20(2)36-28)18-35-17-21-9-7-13-24(15-21)30-27(32)16-25(29(33)34)22-10-4-3-5-11-22/h3-6,8,10-12,14,21,24-25H,7,9,13,15-18H2,1-2H3,(H,30,32)(H,33,34). The van der Waals surface area contributed by atoms with Crippen LogP contribution in [0.25, 0.3) is 11.5 Å². The van der Waals surface area contributed by atoms with Gasteiger partial charge in [-0.15, -0.1) is 0 Å². The highest BCUT2D eigenvalue weighted by atomic mass is 16.5. The number of aryl methyl sites for hydroxylation is 2. The number of carboxylic acids is 1. The second-order valence-electron chi connectivity index (χ2n) is 9.71. The minimum Gasteiger partial charge on any atom is -0.481 e. The van der Waals surface area contributed by atoms with Crippen molar-refractivity contribution in [1.82, 2.24) is 10.3 Å². The molecule has 1 saturated carbocycles. The Bertz CT molecular complexity index is 1170. The van der Waals surface area contributed by atoms with Gasteiger partial charge in [-0.1, -0.05) is 54.4 Å². The molecule has 3 unspecified atom stereocenters. The van der Waals surface area contributed by atoms with Crippen molar-refractivity contribution in [2.24, 2.45) is 5.92 Å². The number of aliphatic carboxylic acids is 1. The number of amides is 1. The number of nitrogens with one attached hydrogen (secondary N) is 1. The predicted octanol–water partition coefficient (Wildman–Crippen LogP) is 5.41. The lowest BCUT2D eigenvalue weighted by Gasteiger charge is -2.30. The largest absolute Gasteiger partial charge is 0.481 e. The van der Waals surface area contributed by atoms with E-state index >= 15 is 0 Å². The first-order valence-corrected chi connectivity index (χ1v) is 12.6. The lowest BCUT2D eigenvalue weighted by molar-refractivity contribution is -0.141. The van der Waals surface area contributed by atoms with Gasteiger partial charge in [-0.25, -0.2) is 4.98 Å². The van der Waals surface area contributed by atoms with E-state index in [0.717, 1.165) is 48.3 Å². The van der Waals surface area contributed by atoms with Gasteiger partial charge in [-0.2, -0.15) is 0 Å². The highest BCUT2D eigenvalue weighted by Crippen LogP contribution is 2.27. The first kappa shape index (κ1) is 25.6. The summed E-state index contributed by atoms with van der Waals surface area (Å²) in [5, 5.41) is 12.7. The Kier molecular flexibility index (Phi) is 8.54. The first-order chi connectivity index (χ1) is 17.4. The van der Waals surface area contributed by atoms with Crippen LogP contribution in [0.4, 0.5) is 0 Å². The Labute approximate surface area is 211 Å². The van der Waals surface area contributed by atoms with Crippen LogP contribution in [0.2, 0.25) is 0 Å². The fourth-order valence-corrected chi connectivity index (χ4v) is 4.86. The second-order valence-corrected chi connectivity index (χ2v) is 9.71. The van der Waals surface area contributed by atoms with Gasteiger partial charge >= 0.3 is 5.97 Å². The molecule has 0 aliphatic heterocycles. The van der Waals surface area contributed by atoms with Crippen LogP contribution in [-0.4, -0.2) is 34.6 Å². The summed E-state index contributed by atoms with van der Waals surface area (Å²) >= 11 is 0. The lowest BCUT2D eigenvalue weighted by Crippen LogP contribution is -2.40. The van der Waals surface area contributed by atoms with E-state index in [2.05, 4.69) is 10.3 Å². The zero-order valence-electron chi connectivity index (χ0n) is 20.9. The lowest BCUT2D eigenvalue weighted by atomic mass is 9.86. The summed E-state index contributed by atoms with van der Waals surface area (Å²) in [4.78, 5) is 29.0. The number of carbonyl (C=O) groups excluding carboxylic acids is 1. The Hall–Kier alpha value is -3.45. The Morgan fingerprint density at radius 2 is 1.94 bits per heavy atom. The van der Waals surface area contributed by atoms with Crippen LogP contribution in [0.1, 0.15) is 60.6 Å². The average molecular weight is 491 g/mol. The van der Waals surface area contributed by atoms with Crippen molar-refractivity contribution in [2.45, 2.75) is 64.5 Å². The van der Waals surface area contributed by atoms with Gasteiger partial charge in [-0.05, 0) is 56.7 Å². The van der Waals surface area contributed by atoms with Crippen molar-refractivity contribution >= 4 is 11.9 Å². The van der Waals surface area contributed by atoms with E-state index in [9.17, 15) is 14.7 Å². The molecule has 1 fully saturated rings. The second kappa shape index (κ2) is 12.0. The van der Waals surface area contributed by atoms with E-state index in [1.165, 1.54) is 0 Å². The summed E-state index contributed by atoms with van der Waals surface area (Å²) < 4.78 is 11.9. The number of hydrogen-bond donors (Lipinski definition) is 2. The van der Waals surface area contributed by atoms with Crippen LogP contribution >= 0.6 is 0 Å². The number of hydrogen-bond acceptors (Lipinski definition) is 5. The van der Waals surface area contributed by atoms with Crippen LogP contribution in [0.5, 0.6) is 0 Å². The van der Waals surface area contributed by atoms with E-state index in [1.54, 1.807) is 24.3 Å². The molecule has 2 aromatic carbocycles. The van der Waals surface area contributed by atoms with Gasteiger partial charge in [0.2, 0.25) is 11.8 Å². The molecule has 7 nitrogen and oxygen atoms in total. The number of carboxylic acid groups (broad SMARTS) is 1. The highest BCUT2D eigenvalue weighted by Gasteiger charge is 2.27. The molecule has 0 radical (unpaired) electrons. The highest BCUT2D eigenvalue weighted by molar-refractivity contribution is 5.85. The van der Waals surface area contributed by atoms with E-state index in [1.807, 2.05) is 44.2 Å². The maximum Gasteiger partial charge on any atom is 0.311 e. The number of aromatic nitrogens is 1. The van der Waals surface area contributed by atoms with E-state index in [-0.39, 0.29) is 18.4 Å². The minimum absolute atomic E-state index is 0.0341.